The molecule has 1 aromatic rings. The number of carbonyl (C=O) groups is 1. The van der Waals surface area contributed by atoms with Gasteiger partial charge in [-0.1, -0.05) is 39.0 Å². The molecular weight excluding hydrogens is 233 g/mol. The zero-order valence-corrected chi connectivity index (χ0v) is 10.8. The number of rotatable bonds is 8. The van der Waals surface area contributed by atoms with E-state index in [1.54, 1.807) is 0 Å². The van der Waals surface area contributed by atoms with Crippen molar-refractivity contribution >= 4 is 5.97 Å². The molecule has 0 amide bonds. The first kappa shape index (κ1) is 14.6. The lowest BCUT2D eigenvalue weighted by molar-refractivity contribution is 0.0497. The van der Waals surface area contributed by atoms with Gasteiger partial charge in [0.25, 0.3) is 0 Å². The lowest BCUT2D eigenvalue weighted by Crippen LogP contribution is -2.07. The van der Waals surface area contributed by atoms with Crippen LogP contribution in [-0.2, 0) is 4.74 Å². The molecule has 1 rings (SSSR count). The van der Waals surface area contributed by atoms with Crippen LogP contribution in [-0.4, -0.2) is 17.6 Å². The average molecular weight is 253 g/mol. The molecule has 0 N–H and O–H groups in total. The Hall–Kier alpha value is -1.45. The Balaban J connectivity index is 2.12. The molecule has 0 bridgehead atoms. The van der Waals surface area contributed by atoms with Gasteiger partial charge < -0.3 is 4.74 Å². The van der Waals surface area contributed by atoms with E-state index in [4.69, 9.17) is 4.74 Å². The number of carbonyl (C=O) groups excluding carboxylic acids is 1. The monoisotopic (exact) mass is 253 g/mol. The van der Waals surface area contributed by atoms with Crippen molar-refractivity contribution in [2.24, 2.45) is 0 Å². The SMILES string of the molecule is CCCCCCCCOC(=O)c1ccc(F)nc1. The minimum atomic E-state index is -0.595. The third-order valence-electron chi connectivity index (χ3n) is 2.69. The van der Waals surface area contributed by atoms with Gasteiger partial charge in [0.15, 0.2) is 0 Å². The molecule has 0 saturated heterocycles. The first-order valence-electron chi connectivity index (χ1n) is 6.52. The average Bonchev–Trinajstić information content (AvgIpc) is 2.38. The summed E-state index contributed by atoms with van der Waals surface area (Å²) >= 11 is 0. The molecule has 0 atom stereocenters. The van der Waals surface area contributed by atoms with E-state index < -0.39 is 11.9 Å². The number of unbranched alkanes of at least 4 members (excludes halogenated alkanes) is 5. The summed E-state index contributed by atoms with van der Waals surface area (Å²) in [4.78, 5) is 14.9. The van der Waals surface area contributed by atoms with Gasteiger partial charge in [0.05, 0.1) is 12.2 Å². The number of hydrogen-bond acceptors (Lipinski definition) is 3. The highest BCUT2D eigenvalue weighted by molar-refractivity contribution is 5.88. The molecule has 1 aromatic heterocycles. The number of halogens is 1. The number of ether oxygens (including phenoxy) is 1. The van der Waals surface area contributed by atoms with Crippen molar-refractivity contribution in [1.29, 1.82) is 0 Å². The number of esters is 1. The number of aromatic nitrogens is 1. The highest BCUT2D eigenvalue weighted by Gasteiger charge is 2.07. The van der Waals surface area contributed by atoms with Gasteiger partial charge in [0.2, 0.25) is 5.95 Å². The zero-order valence-electron chi connectivity index (χ0n) is 10.8. The normalized spacial score (nSPS) is 10.3. The Kier molecular flexibility index (Phi) is 6.99. The lowest BCUT2D eigenvalue weighted by atomic mass is 10.1. The highest BCUT2D eigenvalue weighted by atomic mass is 19.1. The summed E-state index contributed by atoms with van der Waals surface area (Å²) in [6, 6.07) is 2.53. The van der Waals surface area contributed by atoms with Crippen LogP contribution in [0.3, 0.4) is 0 Å². The Morgan fingerprint density at radius 3 is 2.61 bits per heavy atom. The van der Waals surface area contributed by atoms with Crippen molar-refractivity contribution < 1.29 is 13.9 Å². The summed E-state index contributed by atoms with van der Waals surface area (Å²) in [5.74, 6) is -1.03. The van der Waals surface area contributed by atoms with E-state index in [-0.39, 0.29) is 0 Å². The van der Waals surface area contributed by atoms with Crippen molar-refractivity contribution in [2.75, 3.05) is 6.61 Å². The fourth-order valence-electron chi connectivity index (χ4n) is 1.63. The van der Waals surface area contributed by atoms with Crippen molar-refractivity contribution in [3.63, 3.8) is 0 Å². The minimum Gasteiger partial charge on any atom is -0.462 e. The summed E-state index contributed by atoms with van der Waals surface area (Å²) in [5, 5.41) is 0. The van der Waals surface area contributed by atoms with Crippen LogP contribution in [0, 0.1) is 5.95 Å². The fraction of sp³-hybridized carbons (Fsp3) is 0.571. The predicted octanol–water partition coefficient (Wildman–Crippen LogP) is 3.74. The van der Waals surface area contributed by atoms with Crippen LogP contribution in [0.2, 0.25) is 0 Å². The van der Waals surface area contributed by atoms with Gasteiger partial charge in [0.1, 0.15) is 0 Å². The smallest absolute Gasteiger partial charge is 0.339 e. The largest absolute Gasteiger partial charge is 0.462 e. The van der Waals surface area contributed by atoms with E-state index in [1.807, 2.05) is 0 Å². The molecule has 0 spiro atoms. The first-order chi connectivity index (χ1) is 8.74. The van der Waals surface area contributed by atoms with Crippen LogP contribution in [0.25, 0.3) is 0 Å². The van der Waals surface area contributed by atoms with E-state index in [1.165, 1.54) is 37.9 Å². The standard InChI is InChI=1S/C14H20FNO2/c1-2-3-4-5-6-7-10-18-14(17)12-8-9-13(15)16-11-12/h8-9,11H,2-7,10H2,1H3. The second-order valence-electron chi connectivity index (χ2n) is 4.27. The third-order valence-corrected chi connectivity index (χ3v) is 2.69. The van der Waals surface area contributed by atoms with Gasteiger partial charge in [-0.3, -0.25) is 0 Å². The number of hydrogen-bond donors (Lipinski definition) is 0. The zero-order chi connectivity index (χ0) is 13.2. The molecule has 0 radical (unpaired) electrons. The van der Waals surface area contributed by atoms with E-state index in [0.29, 0.717) is 12.2 Å². The minimum absolute atomic E-state index is 0.294. The van der Waals surface area contributed by atoms with Gasteiger partial charge in [-0.15, -0.1) is 0 Å². The second kappa shape index (κ2) is 8.61. The molecule has 100 valence electrons. The predicted molar refractivity (Wildman–Crippen MR) is 67.9 cm³/mol. The molecule has 0 aliphatic heterocycles. The quantitative estimate of drug-likeness (QED) is 0.402. The van der Waals surface area contributed by atoms with Crippen LogP contribution < -0.4 is 0 Å². The second-order valence-corrected chi connectivity index (χ2v) is 4.27. The van der Waals surface area contributed by atoms with Crippen molar-refractivity contribution in [1.82, 2.24) is 4.98 Å². The molecule has 0 unspecified atom stereocenters. The van der Waals surface area contributed by atoms with Crippen LogP contribution in [0.4, 0.5) is 4.39 Å². The van der Waals surface area contributed by atoms with Crippen molar-refractivity contribution in [3.05, 3.63) is 29.8 Å². The number of nitrogens with zero attached hydrogens (tertiary/aromatic N) is 1. The maximum atomic E-state index is 12.5. The van der Waals surface area contributed by atoms with Crippen LogP contribution >= 0.6 is 0 Å². The van der Waals surface area contributed by atoms with Crippen LogP contribution in [0.1, 0.15) is 55.8 Å². The Morgan fingerprint density at radius 1 is 1.22 bits per heavy atom. The van der Waals surface area contributed by atoms with Crippen molar-refractivity contribution in [3.8, 4) is 0 Å². The summed E-state index contributed by atoms with van der Waals surface area (Å²) < 4.78 is 17.6. The summed E-state index contributed by atoms with van der Waals surface area (Å²) in [5.41, 5.74) is 0.294. The van der Waals surface area contributed by atoms with Gasteiger partial charge in [-0.05, 0) is 18.6 Å². The summed E-state index contributed by atoms with van der Waals surface area (Å²) in [6.45, 7) is 2.60. The maximum Gasteiger partial charge on any atom is 0.339 e. The number of pyridine rings is 1. The first-order valence-corrected chi connectivity index (χ1v) is 6.52. The molecule has 0 aromatic carbocycles. The van der Waals surface area contributed by atoms with E-state index in [9.17, 15) is 9.18 Å². The highest BCUT2D eigenvalue weighted by Crippen LogP contribution is 2.06. The van der Waals surface area contributed by atoms with E-state index in [2.05, 4.69) is 11.9 Å². The van der Waals surface area contributed by atoms with Gasteiger partial charge in [0, 0.05) is 6.20 Å². The molecule has 4 heteroatoms. The molecule has 3 nitrogen and oxygen atoms in total. The van der Waals surface area contributed by atoms with E-state index in [0.717, 1.165) is 18.9 Å². The topological polar surface area (TPSA) is 39.2 Å². The van der Waals surface area contributed by atoms with Crippen LogP contribution in [0.5, 0.6) is 0 Å². The fourth-order valence-corrected chi connectivity index (χ4v) is 1.63. The Morgan fingerprint density at radius 2 is 1.94 bits per heavy atom. The lowest BCUT2D eigenvalue weighted by Gasteiger charge is -2.04. The third kappa shape index (κ3) is 5.75. The molecule has 18 heavy (non-hydrogen) atoms. The molecule has 0 aliphatic rings. The Labute approximate surface area is 107 Å². The molecule has 0 fully saturated rings. The van der Waals surface area contributed by atoms with Crippen LogP contribution in [0.15, 0.2) is 18.3 Å². The molecule has 0 saturated carbocycles. The van der Waals surface area contributed by atoms with E-state index >= 15 is 0 Å². The maximum absolute atomic E-state index is 12.5. The summed E-state index contributed by atoms with van der Waals surface area (Å²) in [6.07, 6.45) is 8.07. The van der Waals surface area contributed by atoms with Crippen molar-refractivity contribution in [2.45, 2.75) is 45.4 Å². The summed E-state index contributed by atoms with van der Waals surface area (Å²) in [7, 11) is 0. The molecule has 1 heterocycles. The molecular formula is C14H20FNO2. The van der Waals surface area contributed by atoms with Gasteiger partial charge >= 0.3 is 5.97 Å². The van der Waals surface area contributed by atoms with Gasteiger partial charge in [-0.2, -0.15) is 4.39 Å². The molecule has 0 aliphatic carbocycles. The van der Waals surface area contributed by atoms with Gasteiger partial charge in [-0.25, -0.2) is 9.78 Å². The Bertz CT molecular complexity index is 351.